The number of hydrogen-bond donors (Lipinski definition) is 1. The Morgan fingerprint density at radius 1 is 1.12 bits per heavy atom. The Morgan fingerprint density at radius 3 is 2.44 bits per heavy atom. The van der Waals surface area contributed by atoms with Crippen molar-refractivity contribution >= 4 is 20.1 Å². The highest BCUT2D eigenvalue weighted by atomic mass is 28.4. The average Bonchev–Trinajstić information content (AvgIpc) is 3.11. The van der Waals surface area contributed by atoms with Crippen molar-refractivity contribution in [3.05, 3.63) is 42.0 Å². The largest absolute Gasteiger partial charge is 0.491 e. The average molecular weight is 489 g/mol. The first-order chi connectivity index (χ1) is 16.0. The summed E-state index contributed by atoms with van der Waals surface area (Å²) in [4.78, 5) is 23.2. The number of para-hydroxylation sites is 1. The lowest BCUT2D eigenvalue weighted by Gasteiger charge is -2.39. The molecule has 1 aliphatic carbocycles. The van der Waals surface area contributed by atoms with Gasteiger partial charge in [-0.15, -0.1) is 0 Å². The van der Waals surface area contributed by atoms with E-state index in [1.807, 2.05) is 30.3 Å². The number of hydrogen-bond acceptors (Lipinski definition) is 4. The van der Waals surface area contributed by atoms with Crippen LogP contribution in [0.2, 0.25) is 18.1 Å². The van der Waals surface area contributed by atoms with Crippen LogP contribution < -0.4 is 4.74 Å². The second kappa shape index (κ2) is 13.2. The topological polar surface area (TPSA) is 72.8 Å². The highest BCUT2D eigenvalue weighted by Crippen LogP contribution is 2.38. The number of ether oxygens (including phenoxy) is 1. The van der Waals surface area contributed by atoms with E-state index in [1.165, 1.54) is 5.57 Å². The van der Waals surface area contributed by atoms with Crippen molar-refractivity contribution in [1.29, 1.82) is 0 Å². The predicted molar refractivity (Wildman–Crippen MR) is 140 cm³/mol. The summed E-state index contributed by atoms with van der Waals surface area (Å²) in [7, 11) is -1.96. The van der Waals surface area contributed by atoms with E-state index in [2.05, 4.69) is 39.9 Å². The fourth-order valence-corrected chi connectivity index (χ4v) is 5.50. The first-order valence-corrected chi connectivity index (χ1v) is 15.7. The zero-order chi connectivity index (χ0) is 25.2. The molecule has 0 saturated heterocycles. The highest BCUT2D eigenvalue weighted by Gasteiger charge is 2.39. The number of aliphatic carboxylic acids is 1. The van der Waals surface area contributed by atoms with Gasteiger partial charge in [0.1, 0.15) is 18.1 Å². The van der Waals surface area contributed by atoms with Crippen molar-refractivity contribution in [2.75, 3.05) is 6.61 Å². The van der Waals surface area contributed by atoms with Crippen molar-refractivity contribution < 1.29 is 23.9 Å². The molecule has 1 aromatic rings. The second-order valence-electron chi connectivity index (χ2n) is 11.0. The Balaban J connectivity index is 1.92. The van der Waals surface area contributed by atoms with E-state index >= 15 is 0 Å². The van der Waals surface area contributed by atoms with Crippen LogP contribution in [-0.2, 0) is 14.0 Å². The van der Waals surface area contributed by atoms with Gasteiger partial charge in [-0.3, -0.25) is 9.59 Å². The lowest BCUT2D eigenvalue weighted by atomic mass is 9.90. The van der Waals surface area contributed by atoms with E-state index in [4.69, 9.17) is 14.3 Å². The van der Waals surface area contributed by atoms with Gasteiger partial charge in [0.2, 0.25) is 0 Å². The molecule has 0 saturated carbocycles. The molecule has 2 atom stereocenters. The first-order valence-electron chi connectivity index (χ1n) is 12.8. The van der Waals surface area contributed by atoms with Crippen molar-refractivity contribution in [3.8, 4) is 5.75 Å². The fourth-order valence-electron chi connectivity index (χ4n) is 4.13. The van der Waals surface area contributed by atoms with Crippen molar-refractivity contribution in [3.63, 3.8) is 0 Å². The molecular weight excluding hydrogens is 444 g/mol. The van der Waals surface area contributed by atoms with Crippen LogP contribution in [0.15, 0.2) is 42.0 Å². The van der Waals surface area contributed by atoms with Crippen LogP contribution in [-0.4, -0.2) is 37.9 Å². The first kappa shape index (κ1) is 28.3. The molecule has 190 valence electrons. The number of allylic oxidation sites excluding steroid dienone is 2. The zero-order valence-electron chi connectivity index (χ0n) is 21.8. The monoisotopic (exact) mass is 488 g/mol. The lowest BCUT2D eigenvalue weighted by molar-refractivity contribution is -0.137. The molecule has 0 amide bonds. The molecule has 0 bridgehead atoms. The molecule has 1 aliphatic rings. The summed E-state index contributed by atoms with van der Waals surface area (Å²) in [6.45, 7) is 11.8. The van der Waals surface area contributed by atoms with E-state index in [1.54, 1.807) is 0 Å². The van der Waals surface area contributed by atoms with Crippen LogP contribution in [0.4, 0.5) is 0 Å². The van der Waals surface area contributed by atoms with E-state index < -0.39 is 14.3 Å². The van der Waals surface area contributed by atoms with Crippen molar-refractivity contribution in [1.82, 2.24) is 0 Å². The lowest BCUT2D eigenvalue weighted by Crippen LogP contribution is -2.45. The number of benzene rings is 1. The summed E-state index contributed by atoms with van der Waals surface area (Å²) in [6.07, 6.45) is 9.00. The minimum Gasteiger partial charge on any atom is -0.491 e. The minimum atomic E-state index is -1.96. The van der Waals surface area contributed by atoms with Gasteiger partial charge in [-0.05, 0) is 55.9 Å². The number of carbonyl (C=O) groups is 2. The Kier molecular flexibility index (Phi) is 11.0. The third kappa shape index (κ3) is 9.38. The zero-order valence-corrected chi connectivity index (χ0v) is 22.8. The van der Waals surface area contributed by atoms with Crippen molar-refractivity contribution in [2.45, 2.75) is 103 Å². The van der Waals surface area contributed by atoms with Crippen LogP contribution in [0.25, 0.3) is 0 Å². The van der Waals surface area contributed by atoms with Gasteiger partial charge in [0, 0.05) is 18.8 Å². The van der Waals surface area contributed by atoms with Crippen LogP contribution >= 0.6 is 0 Å². The number of carboxylic acid groups (broad SMARTS) is 1. The number of rotatable bonds is 15. The Labute approximate surface area is 207 Å². The van der Waals surface area contributed by atoms with E-state index in [0.717, 1.165) is 44.3 Å². The van der Waals surface area contributed by atoms with Gasteiger partial charge in [0.05, 0.1) is 6.10 Å². The highest BCUT2D eigenvalue weighted by molar-refractivity contribution is 6.74. The van der Waals surface area contributed by atoms with E-state index in [0.29, 0.717) is 25.2 Å². The molecule has 34 heavy (non-hydrogen) atoms. The van der Waals surface area contributed by atoms with Gasteiger partial charge in [-0.2, -0.15) is 0 Å². The molecule has 0 spiro atoms. The van der Waals surface area contributed by atoms with Gasteiger partial charge in [0.25, 0.3) is 0 Å². The molecule has 1 N–H and O–H groups in total. The van der Waals surface area contributed by atoms with E-state index in [9.17, 15) is 9.59 Å². The van der Waals surface area contributed by atoms with Gasteiger partial charge in [-0.25, -0.2) is 0 Å². The number of carbonyl (C=O) groups excluding carboxylic acids is 1. The molecular formula is C28H44O5Si. The van der Waals surface area contributed by atoms with Crippen LogP contribution in [0.3, 0.4) is 0 Å². The van der Waals surface area contributed by atoms with Crippen LogP contribution in [0, 0.1) is 5.92 Å². The third-order valence-corrected chi connectivity index (χ3v) is 11.8. The van der Waals surface area contributed by atoms with Crippen LogP contribution in [0.5, 0.6) is 5.75 Å². The summed E-state index contributed by atoms with van der Waals surface area (Å²) in [5.74, 6) is 0.454. The third-order valence-electron chi connectivity index (χ3n) is 7.24. The predicted octanol–water partition coefficient (Wildman–Crippen LogP) is 7.18. The molecule has 0 unspecified atom stereocenters. The molecule has 5 nitrogen and oxygen atoms in total. The minimum absolute atomic E-state index is 0.0167. The smallest absolute Gasteiger partial charge is 0.303 e. The quantitative estimate of drug-likeness (QED) is 0.161. The normalized spacial score (nSPS) is 17.5. The maximum atomic E-state index is 12.5. The molecule has 0 aromatic heterocycles. The number of Topliss-reactive ketones (excluding diaryl/α,β-unsaturated/α-hetero) is 1. The summed E-state index contributed by atoms with van der Waals surface area (Å²) >= 11 is 0. The summed E-state index contributed by atoms with van der Waals surface area (Å²) < 4.78 is 12.8. The van der Waals surface area contributed by atoms with Gasteiger partial charge in [0.15, 0.2) is 8.32 Å². The molecule has 0 aliphatic heterocycles. The second-order valence-corrected chi connectivity index (χ2v) is 15.8. The summed E-state index contributed by atoms with van der Waals surface area (Å²) in [6, 6.07) is 9.86. The number of unbranched alkanes of at least 4 members (excludes halogenated alkanes) is 3. The maximum absolute atomic E-state index is 12.5. The Morgan fingerprint density at radius 2 is 1.79 bits per heavy atom. The molecule has 0 fully saturated rings. The molecule has 6 heteroatoms. The van der Waals surface area contributed by atoms with Gasteiger partial charge in [-0.1, -0.05) is 69.9 Å². The standard InChI is InChI=1S/C28H44O5Si/c1-28(2,3)34(4,5)33-24(21-32-23-13-9-8-10-14-23)19-17-22-18-20-26(29)25(22)15-11-6-7-12-16-27(30)31/h8-10,13-14,18,24-25H,6-7,11-12,15-17,19-21H2,1-5H3,(H,30,31)/t24-,25-/m1/s1. The van der Waals surface area contributed by atoms with Gasteiger partial charge < -0.3 is 14.3 Å². The van der Waals surface area contributed by atoms with E-state index in [-0.39, 0.29) is 23.5 Å². The summed E-state index contributed by atoms with van der Waals surface area (Å²) in [5, 5.41) is 8.88. The molecule has 2 rings (SSSR count). The molecule has 0 radical (unpaired) electrons. The van der Waals surface area contributed by atoms with Crippen LogP contribution in [0.1, 0.15) is 78.6 Å². The molecule has 1 aromatic carbocycles. The fraction of sp³-hybridized carbons (Fsp3) is 0.643. The summed E-state index contributed by atoms with van der Waals surface area (Å²) in [5.41, 5.74) is 1.25. The van der Waals surface area contributed by atoms with Crippen molar-refractivity contribution in [2.24, 2.45) is 5.92 Å². The Bertz CT molecular complexity index is 810. The SMILES string of the molecule is CC(C)(C)[Si](C)(C)O[C@H](CCC1=CCC(=O)[C@@H]1CCCCCCC(=O)O)COc1ccccc1. The maximum Gasteiger partial charge on any atom is 0.303 e. The number of ketones is 1. The molecule has 0 heterocycles. The Hall–Kier alpha value is -1.92. The number of carboxylic acids is 1. The van der Waals surface area contributed by atoms with Gasteiger partial charge >= 0.3 is 5.97 Å².